The molecular weight excluding hydrogens is 258 g/mol. The Hall–Kier alpha value is -1.91. The van der Waals surface area contributed by atoms with Gasteiger partial charge in [0.1, 0.15) is 11.9 Å². The van der Waals surface area contributed by atoms with Gasteiger partial charge in [-0.3, -0.25) is 4.72 Å². The van der Waals surface area contributed by atoms with E-state index in [9.17, 15) is 8.42 Å². The molecule has 0 saturated carbocycles. The predicted octanol–water partition coefficient (Wildman–Crippen LogP) is 1.82. The van der Waals surface area contributed by atoms with Gasteiger partial charge in [0.25, 0.3) is 10.0 Å². The second-order valence-corrected chi connectivity index (χ2v) is 5.85. The van der Waals surface area contributed by atoms with Crippen molar-refractivity contribution in [1.29, 1.82) is 5.26 Å². The van der Waals surface area contributed by atoms with Crippen LogP contribution in [0.3, 0.4) is 0 Å². The minimum Gasteiger partial charge on any atom is -0.263 e. The molecule has 0 aliphatic heterocycles. The van der Waals surface area contributed by atoms with Crippen molar-refractivity contribution in [2.75, 3.05) is 4.72 Å². The van der Waals surface area contributed by atoms with Gasteiger partial charge >= 0.3 is 0 Å². The zero-order valence-electron chi connectivity index (χ0n) is 8.49. The summed E-state index contributed by atoms with van der Waals surface area (Å²) in [5.74, 6) is 0.227. The number of pyridine rings is 1. The maximum absolute atomic E-state index is 12.0. The first-order valence-electron chi connectivity index (χ1n) is 4.55. The van der Waals surface area contributed by atoms with Gasteiger partial charge in [0.05, 0.1) is 5.56 Å². The van der Waals surface area contributed by atoms with Crippen LogP contribution in [0.2, 0.25) is 0 Å². The second kappa shape index (κ2) is 4.53. The van der Waals surface area contributed by atoms with Crippen molar-refractivity contribution in [2.45, 2.75) is 4.21 Å². The quantitative estimate of drug-likeness (QED) is 0.917. The molecule has 86 valence electrons. The van der Waals surface area contributed by atoms with Crippen LogP contribution < -0.4 is 4.72 Å². The van der Waals surface area contributed by atoms with Crippen LogP contribution in [0.15, 0.2) is 40.1 Å². The molecule has 0 aromatic carbocycles. The van der Waals surface area contributed by atoms with E-state index in [2.05, 4.69) is 9.71 Å². The molecule has 2 aromatic rings. The summed E-state index contributed by atoms with van der Waals surface area (Å²) < 4.78 is 26.2. The van der Waals surface area contributed by atoms with Gasteiger partial charge in [-0.15, -0.1) is 11.3 Å². The van der Waals surface area contributed by atoms with Crippen LogP contribution in [0.5, 0.6) is 0 Å². The average molecular weight is 265 g/mol. The molecule has 0 aliphatic rings. The molecule has 17 heavy (non-hydrogen) atoms. The zero-order valence-corrected chi connectivity index (χ0v) is 10.1. The highest BCUT2D eigenvalue weighted by molar-refractivity contribution is 7.94. The molecule has 0 unspecified atom stereocenters. The third-order valence-corrected chi connectivity index (χ3v) is 4.74. The van der Waals surface area contributed by atoms with Crippen molar-refractivity contribution < 1.29 is 8.42 Å². The topological polar surface area (TPSA) is 82.8 Å². The molecule has 5 nitrogen and oxygen atoms in total. The third-order valence-electron chi connectivity index (χ3n) is 1.90. The lowest BCUT2D eigenvalue weighted by atomic mass is 10.4. The van der Waals surface area contributed by atoms with Crippen molar-refractivity contribution in [3.05, 3.63) is 41.4 Å². The van der Waals surface area contributed by atoms with E-state index in [1.54, 1.807) is 17.5 Å². The van der Waals surface area contributed by atoms with Crippen LogP contribution in [0.25, 0.3) is 0 Å². The summed E-state index contributed by atoms with van der Waals surface area (Å²) in [4.78, 5) is 3.86. The molecule has 1 N–H and O–H groups in total. The standard InChI is InChI=1S/C10H7N3O2S2/c11-7-8-4-6-16-10(8)17(14,15)13-9-3-1-2-5-12-9/h1-6H,(H,12,13). The van der Waals surface area contributed by atoms with E-state index >= 15 is 0 Å². The molecule has 0 atom stereocenters. The van der Waals surface area contributed by atoms with E-state index in [0.717, 1.165) is 11.3 Å². The van der Waals surface area contributed by atoms with Gasteiger partial charge < -0.3 is 0 Å². The number of hydrogen-bond acceptors (Lipinski definition) is 5. The van der Waals surface area contributed by atoms with Crippen LogP contribution >= 0.6 is 11.3 Å². The maximum atomic E-state index is 12.0. The minimum absolute atomic E-state index is 0.00523. The van der Waals surface area contributed by atoms with Crippen LogP contribution in [0.1, 0.15) is 5.56 Å². The smallest absolute Gasteiger partial charge is 0.263 e. The molecule has 2 rings (SSSR count). The average Bonchev–Trinajstić information content (AvgIpc) is 2.78. The van der Waals surface area contributed by atoms with Crippen molar-refractivity contribution in [3.8, 4) is 6.07 Å². The van der Waals surface area contributed by atoms with Gasteiger partial charge in [-0.05, 0) is 23.6 Å². The molecule has 0 bridgehead atoms. The fourth-order valence-corrected chi connectivity index (χ4v) is 3.45. The van der Waals surface area contributed by atoms with E-state index in [0.29, 0.717) is 0 Å². The Morgan fingerprint density at radius 3 is 2.82 bits per heavy atom. The van der Waals surface area contributed by atoms with E-state index in [-0.39, 0.29) is 15.6 Å². The van der Waals surface area contributed by atoms with Crippen LogP contribution in [0, 0.1) is 11.3 Å². The summed E-state index contributed by atoms with van der Waals surface area (Å²) in [6.07, 6.45) is 1.48. The summed E-state index contributed by atoms with van der Waals surface area (Å²) in [5.41, 5.74) is 0.137. The number of nitrogens with zero attached hydrogens (tertiary/aromatic N) is 2. The maximum Gasteiger partial charge on any atom is 0.273 e. The van der Waals surface area contributed by atoms with Crippen molar-refractivity contribution in [3.63, 3.8) is 0 Å². The highest BCUT2D eigenvalue weighted by Crippen LogP contribution is 2.23. The van der Waals surface area contributed by atoms with Gasteiger partial charge in [-0.25, -0.2) is 13.4 Å². The fourth-order valence-electron chi connectivity index (χ4n) is 1.19. The second-order valence-electron chi connectivity index (χ2n) is 3.05. The normalized spacial score (nSPS) is 10.8. The first-order chi connectivity index (χ1) is 8.13. The van der Waals surface area contributed by atoms with Crippen LogP contribution in [-0.4, -0.2) is 13.4 Å². The first kappa shape index (κ1) is 11.6. The van der Waals surface area contributed by atoms with Gasteiger partial charge in [0.15, 0.2) is 4.21 Å². The molecular formula is C10H7N3O2S2. The van der Waals surface area contributed by atoms with Gasteiger partial charge in [0, 0.05) is 6.20 Å². The van der Waals surface area contributed by atoms with Crippen molar-refractivity contribution >= 4 is 27.2 Å². The molecule has 0 spiro atoms. The lowest BCUT2D eigenvalue weighted by Crippen LogP contribution is -2.13. The molecule has 2 heterocycles. The predicted molar refractivity (Wildman–Crippen MR) is 64.1 cm³/mol. The summed E-state index contributed by atoms with van der Waals surface area (Å²) in [7, 11) is -3.73. The Bertz CT molecular complexity index is 656. The molecule has 0 aliphatic carbocycles. The van der Waals surface area contributed by atoms with Crippen molar-refractivity contribution in [2.24, 2.45) is 0 Å². The van der Waals surface area contributed by atoms with Gasteiger partial charge in [-0.2, -0.15) is 5.26 Å². The first-order valence-corrected chi connectivity index (χ1v) is 6.91. The summed E-state index contributed by atoms with van der Waals surface area (Å²) in [6.45, 7) is 0. The number of nitrogens with one attached hydrogen (secondary N) is 1. The highest BCUT2D eigenvalue weighted by Gasteiger charge is 2.20. The van der Waals surface area contributed by atoms with E-state index in [1.165, 1.54) is 18.3 Å². The van der Waals surface area contributed by atoms with E-state index < -0.39 is 10.0 Å². The Morgan fingerprint density at radius 2 is 2.18 bits per heavy atom. The monoisotopic (exact) mass is 265 g/mol. The number of anilines is 1. The van der Waals surface area contributed by atoms with E-state index in [1.807, 2.05) is 6.07 Å². The van der Waals surface area contributed by atoms with Crippen molar-refractivity contribution in [1.82, 2.24) is 4.98 Å². The summed E-state index contributed by atoms with van der Waals surface area (Å²) in [5, 5.41) is 10.3. The molecule has 7 heteroatoms. The van der Waals surface area contributed by atoms with E-state index in [4.69, 9.17) is 5.26 Å². The molecule has 2 aromatic heterocycles. The number of aromatic nitrogens is 1. The third kappa shape index (κ3) is 2.43. The largest absolute Gasteiger partial charge is 0.273 e. The molecule has 0 radical (unpaired) electrons. The Labute approximate surface area is 102 Å². The lowest BCUT2D eigenvalue weighted by molar-refractivity contribution is 0.603. The lowest BCUT2D eigenvalue weighted by Gasteiger charge is -2.04. The molecule has 0 fully saturated rings. The molecule has 0 saturated heterocycles. The zero-order chi connectivity index (χ0) is 12.3. The Kier molecular flexibility index (Phi) is 3.08. The van der Waals surface area contributed by atoms with Crippen LogP contribution in [0.4, 0.5) is 5.82 Å². The Morgan fingerprint density at radius 1 is 1.35 bits per heavy atom. The number of sulfonamides is 1. The minimum atomic E-state index is -3.73. The summed E-state index contributed by atoms with van der Waals surface area (Å²) >= 11 is 1.000. The van der Waals surface area contributed by atoms with Crippen LogP contribution in [-0.2, 0) is 10.0 Å². The van der Waals surface area contributed by atoms with Gasteiger partial charge in [0.2, 0.25) is 0 Å². The fraction of sp³-hybridized carbons (Fsp3) is 0. The number of hydrogen-bond donors (Lipinski definition) is 1. The number of rotatable bonds is 3. The molecule has 0 amide bonds. The number of thiophene rings is 1. The SMILES string of the molecule is N#Cc1ccsc1S(=O)(=O)Nc1ccccn1. The Balaban J connectivity index is 2.36. The van der Waals surface area contributed by atoms with Gasteiger partial charge in [-0.1, -0.05) is 6.07 Å². The number of nitriles is 1. The highest BCUT2D eigenvalue weighted by atomic mass is 32.2. The summed E-state index contributed by atoms with van der Waals surface area (Å²) in [6, 6.07) is 8.20.